The monoisotopic (exact) mass is 220 g/mol. The van der Waals surface area contributed by atoms with Crippen molar-refractivity contribution in [3.05, 3.63) is 0 Å². The zero-order valence-electron chi connectivity index (χ0n) is 8.46. The van der Waals surface area contributed by atoms with Gasteiger partial charge in [-0.15, -0.1) is 0 Å². The van der Waals surface area contributed by atoms with Crippen LogP contribution in [0.1, 0.15) is 32.1 Å². The van der Waals surface area contributed by atoms with E-state index in [9.17, 15) is 18.0 Å². The first-order chi connectivity index (χ1) is 7.02. The fourth-order valence-corrected chi connectivity index (χ4v) is 2.85. The average Bonchev–Trinajstić information content (AvgIpc) is 2.95. The molecule has 0 radical (unpaired) electrons. The van der Waals surface area contributed by atoms with E-state index in [4.69, 9.17) is 0 Å². The molecule has 1 nitrogen and oxygen atoms in total. The van der Waals surface area contributed by atoms with Crippen LogP contribution in [0.4, 0.5) is 13.2 Å². The van der Waals surface area contributed by atoms with Gasteiger partial charge in [-0.05, 0) is 31.1 Å². The van der Waals surface area contributed by atoms with Crippen LogP contribution in [0.5, 0.6) is 0 Å². The summed E-state index contributed by atoms with van der Waals surface area (Å²) < 4.78 is 37.5. The van der Waals surface area contributed by atoms with Gasteiger partial charge in [-0.1, -0.05) is 12.8 Å². The van der Waals surface area contributed by atoms with Gasteiger partial charge in [-0.25, -0.2) is 0 Å². The Balaban J connectivity index is 1.91. The molecule has 0 aromatic carbocycles. The van der Waals surface area contributed by atoms with Crippen LogP contribution in [0.3, 0.4) is 0 Å². The van der Waals surface area contributed by atoms with Crippen LogP contribution in [0.2, 0.25) is 0 Å². The SMILES string of the molecule is O=C[C@@H]1C[C@@H]1[C@H]1CCC[C@@H](C(F)(F)F)C1. The van der Waals surface area contributed by atoms with Crippen molar-refractivity contribution in [1.82, 2.24) is 0 Å². The number of carbonyl (C=O) groups is 1. The molecular weight excluding hydrogens is 205 g/mol. The van der Waals surface area contributed by atoms with E-state index < -0.39 is 12.1 Å². The van der Waals surface area contributed by atoms with Crippen molar-refractivity contribution in [3.63, 3.8) is 0 Å². The Morgan fingerprint density at radius 1 is 1.13 bits per heavy atom. The Bertz CT molecular complexity index is 249. The predicted octanol–water partition coefficient (Wildman–Crippen LogP) is 3.19. The van der Waals surface area contributed by atoms with Gasteiger partial charge in [-0.3, -0.25) is 0 Å². The second-order valence-corrected chi connectivity index (χ2v) is 4.86. The molecule has 0 N–H and O–H groups in total. The quantitative estimate of drug-likeness (QED) is 0.653. The van der Waals surface area contributed by atoms with Crippen molar-refractivity contribution >= 4 is 6.29 Å². The van der Waals surface area contributed by atoms with Crippen molar-refractivity contribution in [2.45, 2.75) is 38.3 Å². The van der Waals surface area contributed by atoms with Crippen molar-refractivity contribution in [2.24, 2.45) is 23.7 Å². The lowest BCUT2D eigenvalue weighted by molar-refractivity contribution is -0.186. The summed E-state index contributed by atoms with van der Waals surface area (Å²) in [5.74, 6) is -0.667. The maximum Gasteiger partial charge on any atom is 0.391 e. The van der Waals surface area contributed by atoms with E-state index in [0.29, 0.717) is 6.42 Å². The lowest BCUT2D eigenvalue weighted by Crippen LogP contribution is -2.29. The number of carbonyl (C=O) groups excluding carboxylic acids is 1. The second-order valence-electron chi connectivity index (χ2n) is 4.86. The molecule has 0 spiro atoms. The molecule has 2 saturated carbocycles. The van der Waals surface area contributed by atoms with Crippen LogP contribution in [0.25, 0.3) is 0 Å². The first-order valence-corrected chi connectivity index (χ1v) is 5.54. The van der Waals surface area contributed by atoms with E-state index in [0.717, 1.165) is 19.1 Å². The highest BCUT2D eigenvalue weighted by Crippen LogP contribution is 2.51. The predicted molar refractivity (Wildman–Crippen MR) is 49.2 cm³/mol. The van der Waals surface area contributed by atoms with Crippen LogP contribution >= 0.6 is 0 Å². The van der Waals surface area contributed by atoms with E-state index >= 15 is 0 Å². The standard InChI is InChI=1S/C11H15F3O/c12-11(13,14)9-3-1-2-7(4-9)10-5-8(10)6-15/h6-10H,1-5H2/t7-,8-,9+,10+/m0/s1. The van der Waals surface area contributed by atoms with Gasteiger partial charge >= 0.3 is 6.18 Å². The van der Waals surface area contributed by atoms with Gasteiger partial charge in [0.2, 0.25) is 0 Å². The summed E-state index contributed by atoms with van der Waals surface area (Å²) in [7, 11) is 0. The highest BCUT2D eigenvalue weighted by molar-refractivity contribution is 5.58. The van der Waals surface area contributed by atoms with E-state index in [2.05, 4.69) is 0 Å². The maximum absolute atomic E-state index is 12.5. The minimum Gasteiger partial charge on any atom is -0.303 e. The summed E-state index contributed by atoms with van der Waals surface area (Å²) in [5, 5.41) is 0. The third-order valence-corrected chi connectivity index (χ3v) is 3.85. The van der Waals surface area contributed by atoms with E-state index in [1.807, 2.05) is 0 Å². The second kappa shape index (κ2) is 3.80. The molecule has 0 saturated heterocycles. The van der Waals surface area contributed by atoms with Crippen molar-refractivity contribution in [1.29, 1.82) is 0 Å². The molecule has 4 heteroatoms. The smallest absolute Gasteiger partial charge is 0.303 e. The lowest BCUT2D eigenvalue weighted by Gasteiger charge is -2.30. The average molecular weight is 220 g/mol. The number of alkyl halides is 3. The Hall–Kier alpha value is -0.540. The molecule has 15 heavy (non-hydrogen) atoms. The zero-order valence-corrected chi connectivity index (χ0v) is 8.46. The van der Waals surface area contributed by atoms with Gasteiger partial charge in [0.25, 0.3) is 0 Å². The Kier molecular flexibility index (Phi) is 2.77. The van der Waals surface area contributed by atoms with Gasteiger partial charge in [0.15, 0.2) is 0 Å². The Morgan fingerprint density at radius 2 is 1.87 bits per heavy atom. The van der Waals surface area contributed by atoms with Crippen molar-refractivity contribution in [3.8, 4) is 0 Å². The normalized spacial score (nSPS) is 41.3. The molecule has 0 heterocycles. The largest absolute Gasteiger partial charge is 0.391 e. The first kappa shape index (κ1) is 11.0. The summed E-state index contributed by atoms with van der Waals surface area (Å²) >= 11 is 0. The molecule has 2 fully saturated rings. The van der Waals surface area contributed by atoms with Gasteiger partial charge in [0.1, 0.15) is 6.29 Å². The molecule has 0 aromatic heterocycles. The molecule has 0 aliphatic heterocycles. The number of aldehydes is 1. The number of halogens is 3. The first-order valence-electron chi connectivity index (χ1n) is 5.54. The third kappa shape index (κ3) is 2.34. The minimum atomic E-state index is -4.04. The zero-order chi connectivity index (χ0) is 11.1. The van der Waals surface area contributed by atoms with Gasteiger partial charge < -0.3 is 4.79 Å². The molecule has 0 unspecified atom stereocenters. The summed E-state index contributed by atoms with van der Waals surface area (Å²) in [6.45, 7) is 0. The fourth-order valence-electron chi connectivity index (χ4n) is 2.85. The van der Waals surface area contributed by atoms with E-state index in [1.165, 1.54) is 0 Å². The maximum atomic E-state index is 12.5. The molecule has 0 bridgehead atoms. The molecule has 0 aromatic rings. The lowest BCUT2D eigenvalue weighted by atomic mass is 9.78. The van der Waals surface area contributed by atoms with Crippen LogP contribution in [0.15, 0.2) is 0 Å². The van der Waals surface area contributed by atoms with Crippen LogP contribution < -0.4 is 0 Å². The van der Waals surface area contributed by atoms with Crippen molar-refractivity contribution < 1.29 is 18.0 Å². The topological polar surface area (TPSA) is 17.1 Å². The fraction of sp³-hybridized carbons (Fsp3) is 0.909. The van der Waals surface area contributed by atoms with Gasteiger partial charge in [0, 0.05) is 5.92 Å². The summed E-state index contributed by atoms with van der Waals surface area (Å²) in [4.78, 5) is 10.5. The summed E-state index contributed by atoms with van der Waals surface area (Å²) in [6, 6.07) is 0. The van der Waals surface area contributed by atoms with Crippen molar-refractivity contribution in [2.75, 3.05) is 0 Å². The summed E-state index contributed by atoms with van der Waals surface area (Å²) in [6.07, 6.45) is -0.250. The Morgan fingerprint density at radius 3 is 2.40 bits per heavy atom. The third-order valence-electron chi connectivity index (χ3n) is 3.85. The molecule has 0 amide bonds. The van der Waals surface area contributed by atoms with Crippen LogP contribution in [0, 0.1) is 23.7 Å². The molecule has 2 rings (SSSR count). The van der Waals surface area contributed by atoms with Crippen LogP contribution in [-0.4, -0.2) is 12.5 Å². The van der Waals surface area contributed by atoms with E-state index in [-0.39, 0.29) is 30.6 Å². The Labute approximate surface area is 87.0 Å². The molecule has 86 valence electrons. The minimum absolute atomic E-state index is 0.0574. The molecule has 2 aliphatic carbocycles. The highest BCUT2D eigenvalue weighted by Gasteiger charge is 2.48. The number of hydrogen-bond donors (Lipinski definition) is 0. The summed E-state index contributed by atoms with van der Waals surface area (Å²) in [5.41, 5.74) is 0. The van der Waals surface area contributed by atoms with Crippen LogP contribution in [-0.2, 0) is 4.79 Å². The highest BCUT2D eigenvalue weighted by atomic mass is 19.4. The number of rotatable bonds is 2. The van der Waals surface area contributed by atoms with Gasteiger partial charge in [0.05, 0.1) is 5.92 Å². The molecular formula is C11H15F3O. The van der Waals surface area contributed by atoms with E-state index in [1.54, 1.807) is 0 Å². The molecule has 4 atom stereocenters. The molecule has 2 aliphatic rings. The number of hydrogen-bond acceptors (Lipinski definition) is 1. The van der Waals surface area contributed by atoms with Gasteiger partial charge in [-0.2, -0.15) is 13.2 Å².